The molecule has 1 unspecified atom stereocenters. The largest absolute Gasteiger partial charge is 0.462 e. The fourth-order valence-electron chi connectivity index (χ4n) is 4.90. The van der Waals surface area contributed by atoms with Crippen LogP contribution in [0.2, 0.25) is 0 Å². The first kappa shape index (κ1) is 30.8. The Morgan fingerprint density at radius 2 is 1.59 bits per heavy atom. The van der Waals surface area contributed by atoms with Gasteiger partial charge in [-0.1, -0.05) is 70.0 Å². The monoisotopic (exact) mass is 514 g/mol. The number of hydrogen-bond donors (Lipinski definition) is 1. The summed E-state index contributed by atoms with van der Waals surface area (Å²) in [5, 5.41) is 9.09. The van der Waals surface area contributed by atoms with Gasteiger partial charge in [-0.25, -0.2) is 9.59 Å². The minimum Gasteiger partial charge on any atom is -0.462 e. The first-order valence-corrected chi connectivity index (χ1v) is 13.8. The molecular formula is C31H46O6. The fraction of sp³-hybridized carbons (Fsp3) is 0.613. The number of methoxy groups -OCH3 is 1. The maximum atomic E-state index is 12.1. The highest BCUT2D eigenvalue weighted by molar-refractivity contribution is 5.88. The Hall–Kier alpha value is -2.44. The van der Waals surface area contributed by atoms with Crippen LogP contribution in [0, 0.1) is 11.8 Å². The van der Waals surface area contributed by atoms with Crippen molar-refractivity contribution in [3.63, 3.8) is 0 Å². The van der Waals surface area contributed by atoms with E-state index in [0.717, 1.165) is 12.3 Å². The van der Waals surface area contributed by atoms with Gasteiger partial charge in [-0.15, -0.1) is 0 Å². The van der Waals surface area contributed by atoms with Gasteiger partial charge < -0.3 is 19.3 Å². The molecule has 0 amide bonds. The summed E-state index contributed by atoms with van der Waals surface area (Å²) in [4.78, 5) is 24.1. The Morgan fingerprint density at radius 1 is 0.973 bits per heavy atom. The second-order valence-electron chi connectivity index (χ2n) is 10.4. The molecule has 0 spiro atoms. The molecule has 0 aliphatic heterocycles. The van der Waals surface area contributed by atoms with Crippen LogP contribution in [0.1, 0.15) is 81.8 Å². The van der Waals surface area contributed by atoms with E-state index in [1.165, 1.54) is 69.6 Å². The average molecular weight is 515 g/mol. The van der Waals surface area contributed by atoms with Crippen LogP contribution < -0.4 is 0 Å². The van der Waals surface area contributed by atoms with Crippen LogP contribution in [0.5, 0.6) is 0 Å². The van der Waals surface area contributed by atoms with E-state index in [4.69, 9.17) is 19.3 Å². The minimum atomic E-state index is -0.646. The molecule has 2 rings (SSSR count). The summed E-state index contributed by atoms with van der Waals surface area (Å²) in [7, 11) is 1.49. The summed E-state index contributed by atoms with van der Waals surface area (Å²) in [6, 6.07) is 8.89. The fourth-order valence-corrected chi connectivity index (χ4v) is 4.90. The van der Waals surface area contributed by atoms with E-state index in [1.54, 1.807) is 0 Å². The summed E-state index contributed by atoms with van der Waals surface area (Å²) in [5.41, 5.74) is 2.85. The van der Waals surface area contributed by atoms with Gasteiger partial charge in [0, 0.05) is 13.0 Å². The van der Waals surface area contributed by atoms with E-state index in [-0.39, 0.29) is 36.9 Å². The Labute approximate surface area is 223 Å². The lowest BCUT2D eigenvalue weighted by atomic mass is 9.77. The van der Waals surface area contributed by atoms with E-state index in [9.17, 15) is 9.59 Å². The topological polar surface area (TPSA) is 82.1 Å². The molecule has 0 bridgehead atoms. The van der Waals surface area contributed by atoms with Crippen LogP contribution in [0.25, 0.3) is 0 Å². The third-order valence-corrected chi connectivity index (χ3v) is 7.34. The third kappa shape index (κ3) is 11.2. The first-order chi connectivity index (χ1) is 17.9. The number of ether oxygens (including phenoxy) is 3. The summed E-state index contributed by atoms with van der Waals surface area (Å²) < 4.78 is 15.6. The lowest BCUT2D eigenvalue weighted by Crippen LogP contribution is -2.23. The van der Waals surface area contributed by atoms with Crippen LogP contribution in [-0.2, 0) is 30.2 Å². The van der Waals surface area contributed by atoms with E-state index in [1.807, 2.05) is 0 Å². The predicted octanol–water partition coefficient (Wildman–Crippen LogP) is 5.93. The maximum Gasteiger partial charge on any atom is 0.335 e. The van der Waals surface area contributed by atoms with Gasteiger partial charge in [0.1, 0.15) is 0 Å². The second-order valence-corrected chi connectivity index (χ2v) is 10.4. The van der Waals surface area contributed by atoms with E-state index in [0.29, 0.717) is 12.3 Å². The molecule has 206 valence electrons. The number of rotatable bonds is 17. The summed E-state index contributed by atoms with van der Waals surface area (Å²) in [6.45, 7) is 9.24. The number of hydrogen-bond acceptors (Lipinski definition) is 6. The molecule has 1 aliphatic rings. The summed E-state index contributed by atoms with van der Waals surface area (Å²) >= 11 is 0. The highest BCUT2D eigenvalue weighted by Gasteiger charge is 2.22. The molecule has 1 aromatic carbocycles. The van der Waals surface area contributed by atoms with Crippen LogP contribution in [0.15, 0.2) is 48.6 Å². The van der Waals surface area contributed by atoms with Crippen molar-refractivity contribution >= 4 is 11.9 Å². The minimum absolute atomic E-state index is 0.00482. The number of aliphatic hydroxyl groups is 1. The molecular weight excluding hydrogens is 468 g/mol. The Morgan fingerprint density at radius 3 is 2.16 bits per heavy atom. The second kappa shape index (κ2) is 17.1. The Bertz CT molecular complexity index is 851. The molecule has 1 fully saturated rings. The van der Waals surface area contributed by atoms with Crippen LogP contribution in [0.3, 0.4) is 0 Å². The standard InChI is InChI=1S/C31H46O6/c1-5-6-7-8-25-11-15-28(16-12-25)29-17-13-26(14-18-29)9-10-27(21-36-30(33)23(2)19-32)22-37-31(34)24(3)20-35-4/h13-14,17-18,25,27-28,32H,2-3,5-12,15-16,19-22H2,1,4H3. The molecule has 6 nitrogen and oxygen atoms in total. The van der Waals surface area contributed by atoms with E-state index < -0.39 is 18.5 Å². The molecule has 0 saturated heterocycles. The number of aryl methyl sites for hydroxylation is 1. The molecule has 6 heteroatoms. The van der Waals surface area contributed by atoms with Gasteiger partial charge in [-0.2, -0.15) is 0 Å². The number of unbranched alkanes of at least 4 members (excludes halogenated alkanes) is 2. The average Bonchev–Trinajstić information content (AvgIpc) is 2.92. The molecule has 0 heterocycles. The summed E-state index contributed by atoms with van der Waals surface area (Å²) in [5.74, 6) is 0.193. The first-order valence-electron chi connectivity index (χ1n) is 13.8. The molecule has 0 aromatic heterocycles. The van der Waals surface area contributed by atoms with Crippen molar-refractivity contribution in [2.75, 3.05) is 33.5 Å². The zero-order valence-electron chi connectivity index (χ0n) is 22.8. The summed E-state index contributed by atoms with van der Waals surface area (Å²) in [6.07, 6.45) is 12.1. The molecule has 1 aromatic rings. The molecule has 1 N–H and O–H groups in total. The Balaban J connectivity index is 1.87. The Kier molecular flexibility index (Phi) is 14.3. The van der Waals surface area contributed by atoms with Crippen LogP contribution >= 0.6 is 0 Å². The van der Waals surface area contributed by atoms with E-state index >= 15 is 0 Å². The number of carbonyl (C=O) groups is 2. The predicted molar refractivity (Wildman–Crippen MR) is 146 cm³/mol. The van der Waals surface area contributed by atoms with Gasteiger partial charge in [0.2, 0.25) is 0 Å². The lowest BCUT2D eigenvalue weighted by molar-refractivity contribution is -0.144. The van der Waals surface area contributed by atoms with Gasteiger partial charge >= 0.3 is 11.9 Å². The highest BCUT2D eigenvalue weighted by atomic mass is 16.5. The van der Waals surface area contributed by atoms with Crippen molar-refractivity contribution in [2.45, 2.75) is 77.0 Å². The van der Waals surface area contributed by atoms with Gasteiger partial charge in [0.05, 0.1) is 37.6 Å². The van der Waals surface area contributed by atoms with Gasteiger partial charge in [0.15, 0.2) is 0 Å². The molecule has 1 atom stereocenters. The zero-order chi connectivity index (χ0) is 27.0. The molecule has 0 radical (unpaired) electrons. The number of benzene rings is 1. The zero-order valence-corrected chi connectivity index (χ0v) is 22.8. The van der Waals surface area contributed by atoms with Crippen molar-refractivity contribution in [1.29, 1.82) is 0 Å². The smallest absolute Gasteiger partial charge is 0.335 e. The quantitative estimate of drug-likeness (QED) is 0.158. The van der Waals surface area contributed by atoms with E-state index in [2.05, 4.69) is 44.3 Å². The number of aliphatic hydroxyl groups excluding tert-OH is 1. The van der Waals surface area contributed by atoms with Crippen molar-refractivity contribution in [3.8, 4) is 0 Å². The van der Waals surface area contributed by atoms with Crippen LogP contribution in [0.4, 0.5) is 0 Å². The number of carbonyl (C=O) groups excluding carboxylic acids is 2. The van der Waals surface area contributed by atoms with Crippen molar-refractivity contribution in [2.24, 2.45) is 11.8 Å². The van der Waals surface area contributed by atoms with Crippen LogP contribution in [-0.4, -0.2) is 50.6 Å². The van der Waals surface area contributed by atoms with Gasteiger partial charge in [-0.3, -0.25) is 0 Å². The molecule has 1 aliphatic carbocycles. The van der Waals surface area contributed by atoms with Crippen molar-refractivity contribution < 1.29 is 28.9 Å². The highest BCUT2D eigenvalue weighted by Crippen LogP contribution is 2.37. The lowest BCUT2D eigenvalue weighted by Gasteiger charge is -2.29. The SMILES string of the molecule is C=C(CO)C(=O)OCC(CCc1ccc(C2CCC(CCCCC)CC2)cc1)COC(=O)C(=C)COC. The third-order valence-electron chi connectivity index (χ3n) is 7.34. The normalized spacial score (nSPS) is 18.1. The van der Waals surface area contributed by atoms with Crippen molar-refractivity contribution in [3.05, 3.63) is 59.7 Å². The van der Waals surface area contributed by atoms with Gasteiger partial charge in [-0.05, 0) is 61.5 Å². The molecule has 1 saturated carbocycles. The molecule has 37 heavy (non-hydrogen) atoms. The van der Waals surface area contributed by atoms with Crippen molar-refractivity contribution in [1.82, 2.24) is 0 Å². The maximum absolute atomic E-state index is 12.1. The van der Waals surface area contributed by atoms with Gasteiger partial charge in [0.25, 0.3) is 0 Å². The number of esters is 2.